The molecular formula is C19H15F2N3O3. The van der Waals surface area contributed by atoms with Crippen LogP contribution >= 0.6 is 0 Å². The van der Waals surface area contributed by atoms with Crippen LogP contribution in [0.5, 0.6) is 5.75 Å². The lowest BCUT2D eigenvalue weighted by Gasteiger charge is -2.16. The van der Waals surface area contributed by atoms with Gasteiger partial charge in [0.2, 0.25) is 5.91 Å². The SMILES string of the molecule is COc1ccc(N2CC(c3noc(-c4cc(F)cc(F)c4)n3)CC2=O)cc1. The zero-order valence-corrected chi connectivity index (χ0v) is 14.4. The number of hydrogen-bond donors (Lipinski definition) is 0. The number of hydrogen-bond acceptors (Lipinski definition) is 5. The molecule has 1 amide bonds. The molecule has 0 aliphatic carbocycles. The number of benzene rings is 2. The third-order valence-corrected chi connectivity index (χ3v) is 4.43. The molecule has 138 valence electrons. The first-order chi connectivity index (χ1) is 13.0. The number of rotatable bonds is 4. The summed E-state index contributed by atoms with van der Waals surface area (Å²) in [7, 11) is 1.57. The van der Waals surface area contributed by atoms with Gasteiger partial charge in [0, 0.05) is 36.2 Å². The van der Waals surface area contributed by atoms with Crippen LogP contribution in [0, 0.1) is 11.6 Å². The molecule has 1 fully saturated rings. The highest BCUT2D eigenvalue weighted by Crippen LogP contribution is 2.32. The molecule has 1 aliphatic heterocycles. The molecule has 0 saturated carbocycles. The van der Waals surface area contributed by atoms with Gasteiger partial charge in [-0.3, -0.25) is 4.79 Å². The largest absolute Gasteiger partial charge is 0.497 e. The second-order valence-electron chi connectivity index (χ2n) is 6.22. The van der Waals surface area contributed by atoms with Crippen LogP contribution in [0.15, 0.2) is 47.0 Å². The van der Waals surface area contributed by atoms with E-state index in [0.29, 0.717) is 18.1 Å². The molecule has 2 heterocycles. The minimum absolute atomic E-state index is 0.0127. The lowest BCUT2D eigenvalue weighted by molar-refractivity contribution is -0.117. The van der Waals surface area contributed by atoms with Gasteiger partial charge >= 0.3 is 0 Å². The van der Waals surface area contributed by atoms with Crippen LogP contribution in [-0.2, 0) is 4.79 Å². The van der Waals surface area contributed by atoms with Crippen molar-refractivity contribution in [2.75, 3.05) is 18.6 Å². The first-order valence-electron chi connectivity index (χ1n) is 8.28. The topological polar surface area (TPSA) is 68.5 Å². The Balaban J connectivity index is 1.54. The molecule has 3 aromatic rings. The molecule has 0 spiro atoms. The van der Waals surface area contributed by atoms with Gasteiger partial charge in [-0.05, 0) is 36.4 Å². The highest BCUT2D eigenvalue weighted by Gasteiger charge is 2.34. The smallest absolute Gasteiger partial charge is 0.258 e. The predicted octanol–water partition coefficient (Wildman–Crippen LogP) is 3.54. The van der Waals surface area contributed by atoms with Crippen LogP contribution in [0.2, 0.25) is 0 Å². The van der Waals surface area contributed by atoms with E-state index in [9.17, 15) is 13.6 Å². The first kappa shape index (κ1) is 17.1. The van der Waals surface area contributed by atoms with Gasteiger partial charge in [0.15, 0.2) is 5.82 Å². The van der Waals surface area contributed by atoms with E-state index in [1.54, 1.807) is 36.3 Å². The molecule has 8 heteroatoms. The average molecular weight is 371 g/mol. The van der Waals surface area contributed by atoms with Gasteiger partial charge < -0.3 is 14.2 Å². The Morgan fingerprint density at radius 2 is 1.85 bits per heavy atom. The van der Waals surface area contributed by atoms with Gasteiger partial charge in [-0.15, -0.1) is 0 Å². The molecule has 0 bridgehead atoms. The van der Waals surface area contributed by atoms with Crippen LogP contribution in [0.4, 0.5) is 14.5 Å². The standard InChI is InChI=1S/C19H15F2N3O3/c1-26-16-4-2-15(3-5-16)24-10-12(8-17(24)25)18-22-19(27-23-18)11-6-13(20)9-14(21)7-11/h2-7,9,12H,8,10H2,1H3. The highest BCUT2D eigenvalue weighted by atomic mass is 19.1. The number of ether oxygens (including phenoxy) is 1. The molecule has 0 radical (unpaired) electrons. The normalized spacial score (nSPS) is 16.8. The van der Waals surface area contributed by atoms with Gasteiger partial charge in [0.05, 0.1) is 7.11 Å². The zero-order chi connectivity index (χ0) is 19.0. The first-order valence-corrected chi connectivity index (χ1v) is 8.28. The van der Waals surface area contributed by atoms with Crippen LogP contribution in [-0.4, -0.2) is 29.7 Å². The van der Waals surface area contributed by atoms with E-state index in [-0.39, 0.29) is 29.7 Å². The third-order valence-electron chi connectivity index (χ3n) is 4.43. The van der Waals surface area contributed by atoms with E-state index < -0.39 is 11.6 Å². The van der Waals surface area contributed by atoms with Crippen LogP contribution in [0.3, 0.4) is 0 Å². The number of nitrogens with zero attached hydrogens (tertiary/aromatic N) is 3. The predicted molar refractivity (Wildman–Crippen MR) is 92.4 cm³/mol. The van der Waals surface area contributed by atoms with Gasteiger partial charge in [0.1, 0.15) is 17.4 Å². The molecule has 1 atom stereocenters. The van der Waals surface area contributed by atoms with E-state index in [2.05, 4.69) is 10.1 Å². The number of amides is 1. The second-order valence-corrected chi connectivity index (χ2v) is 6.22. The number of carbonyl (C=O) groups is 1. The Labute approximate surface area is 153 Å². The number of anilines is 1. The van der Waals surface area contributed by atoms with Crippen molar-refractivity contribution in [3.05, 3.63) is 59.9 Å². The molecule has 1 aliphatic rings. The summed E-state index contributed by atoms with van der Waals surface area (Å²) in [6, 6.07) is 10.2. The molecule has 2 aromatic carbocycles. The Hall–Kier alpha value is -3.29. The molecule has 1 unspecified atom stereocenters. The van der Waals surface area contributed by atoms with Gasteiger partial charge in [0.25, 0.3) is 5.89 Å². The van der Waals surface area contributed by atoms with E-state index in [4.69, 9.17) is 9.26 Å². The number of methoxy groups -OCH3 is 1. The van der Waals surface area contributed by atoms with Crippen LogP contribution < -0.4 is 9.64 Å². The second kappa shape index (κ2) is 6.79. The van der Waals surface area contributed by atoms with Gasteiger partial charge in [-0.2, -0.15) is 4.98 Å². The lowest BCUT2D eigenvalue weighted by atomic mass is 10.1. The van der Waals surface area contributed by atoms with E-state index in [1.165, 1.54) is 0 Å². The van der Waals surface area contributed by atoms with Crippen LogP contribution in [0.1, 0.15) is 18.2 Å². The molecule has 27 heavy (non-hydrogen) atoms. The number of carbonyl (C=O) groups excluding carboxylic acids is 1. The maximum Gasteiger partial charge on any atom is 0.258 e. The number of aromatic nitrogens is 2. The summed E-state index contributed by atoms with van der Waals surface area (Å²) in [5.41, 5.74) is 0.904. The monoisotopic (exact) mass is 371 g/mol. The molecule has 0 N–H and O–H groups in total. The van der Waals surface area contributed by atoms with Gasteiger partial charge in [-0.25, -0.2) is 8.78 Å². The minimum Gasteiger partial charge on any atom is -0.497 e. The van der Waals surface area contributed by atoms with Crippen molar-refractivity contribution in [2.24, 2.45) is 0 Å². The summed E-state index contributed by atoms with van der Waals surface area (Å²) in [6.07, 6.45) is 0.225. The maximum atomic E-state index is 13.4. The van der Waals surface area contributed by atoms with Crippen molar-refractivity contribution < 1.29 is 22.8 Å². The Morgan fingerprint density at radius 3 is 2.52 bits per heavy atom. The van der Waals surface area contributed by atoms with E-state index in [1.807, 2.05) is 0 Å². The lowest BCUT2D eigenvalue weighted by Crippen LogP contribution is -2.24. The quantitative estimate of drug-likeness (QED) is 0.702. The highest BCUT2D eigenvalue weighted by molar-refractivity contribution is 5.96. The summed E-state index contributed by atoms with van der Waals surface area (Å²) in [5, 5.41) is 3.89. The molecular weight excluding hydrogens is 356 g/mol. The molecule has 1 aromatic heterocycles. The summed E-state index contributed by atoms with van der Waals surface area (Å²) in [5.74, 6) is -0.744. The van der Waals surface area contributed by atoms with E-state index >= 15 is 0 Å². The molecule has 4 rings (SSSR count). The van der Waals surface area contributed by atoms with E-state index in [0.717, 1.165) is 23.9 Å². The average Bonchev–Trinajstić information content (AvgIpc) is 3.28. The Bertz CT molecular complexity index is 968. The molecule has 1 saturated heterocycles. The molecule has 6 nitrogen and oxygen atoms in total. The van der Waals surface area contributed by atoms with Crippen molar-refractivity contribution in [3.63, 3.8) is 0 Å². The number of halogens is 2. The third kappa shape index (κ3) is 3.38. The fourth-order valence-corrected chi connectivity index (χ4v) is 3.09. The van der Waals surface area contributed by atoms with Crippen LogP contribution in [0.25, 0.3) is 11.5 Å². The minimum atomic E-state index is -0.730. The summed E-state index contributed by atoms with van der Waals surface area (Å²) >= 11 is 0. The maximum absolute atomic E-state index is 13.4. The van der Waals surface area contributed by atoms with Crippen molar-refractivity contribution in [1.82, 2.24) is 10.1 Å². The van der Waals surface area contributed by atoms with Crippen molar-refractivity contribution in [3.8, 4) is 17.2 Å². The van der Waals surface area contributed by atoms with Crippen molar-refractivity contribution >= 4 is 11.6 Å². The summed E-state index contributed by atoms with van der Waals surface area (Å²) < 4.78 is 37.0. The Kier molecular flexibility index (Phi) is 4.31. The Morgan fingerprint density at radius 1 is 1.15 bits per heavy atom. The summed E-state index contributed by atoms with van der Waals surface area (Å²) in [4.78, 5) is 18.3. The fraction of sp³-hybridized carbons (Fsp3) is 0.211. The zero-order valence-electron chi connectivity index (χ0n) is 14.4. The summed E-state index contributed by atoms with van der Waals surface area (Å²) in [6.45, 7) is 0.391. The fourth-order valence-electron chi connectivity index (χ4n) is 3.09. The van der Waals surface area contributed by atoms with Gasteiger partial charge in [-0.1, -0.05) is 5.16 Å². The van der Waals surface area contributed by atoms with Crippen molar-refractivity contribution in [1.29, 1.82) is 0 Å². The van der Waals surface area contributed by atoms with Crippen molar-refractivity contribution in [2.45, 2.75) is 12.3 Å².